The molecular weight excluding hydrogens is 741 g/mol. The molecule has 3 aliphatic rings. The molecule has 4 unspecified atom stereocenters. The third-order valence-corrected chi connectivity index (χ3v) is 11.2. The van der Waals surface area contributed by atoms with Crippen molar-refractivity contribution >= 4 is 22.5 Å². The number of ether oxygens (including phenoxy) is 6. The van der Waals surface area contributed by atoms with Crippen LogP contribution in [0.3, 0.4) is 0 Å². The Kier molecular flexibility index (Phi) is 23.2. The van der Waals surface area contributed by atoms with Crippen LogP contribution in [0.5, 0.6) is 5.75 Å². The van der Waals surface area contributed by atoms with Crippen LogP contribution in [-0.4, -0.2) is 76.3 Å². The zero-order valence-corrected chi connectivity index (χ0v) is 37.2. The minimum atomic E-state index is -0.253. The van der Waals surface area contributed by atoms with Crippen LogP contribution >= 0.6 is 0 Å². The van der Waals surface area contributed by atoms with E-state index in [1.165, 1.54) is 37.7 Å². The number of carbonyl (C=O) groups is 2. The number of epoxide rings is 2. The Morgan fingerprint density at radius 1 is 0.661 bits per heavy atom. The largest absolute Gasteiger partial charge is 0.494 e. The summed E-state index contributed by atoms with van der Waals surface area (Å²) in [7, 11) is 0. The van der Waals surface area contributed by atoms with Gasteiger partial charge in [0.05, 0.1) is 38.6 Å². The Morgan fingerprint density at radius 3 is 1.85 bits per heavy atom. The lowest BCUT2D eigenvalue weighted by atomic mass is 9.76. The lowest BCUT2D eigenvalue weighted by Crippen LogP contribution is -2.33. The molecule has 0 spiro atoms. The molecule has 3 fully saturated rings. The van der Waals surface area contributed by atoms with Crippen LogP contribution in [0, 0.1) is 11.8 Å². The molecule has 2 saturated heterocycles. The standard InChI is InChI=1S/C46H62O8.C3H8.C2H6/c1-2-36-27-35(28-44(47)37-18-20-41(21-19-37)51-25-11-7-6-10-24-50-31-43-33-53-43)14-22-45(36)54-46(48)40-17-16-38-26-34(13-15-39(38)29-40)12-8-4-3-5-9-23-49-30-42-32-52-42;1-3-2;1-2/h13,15-21,26,29,35-36,42-43,45H,2-12,14,22-25,27-28,30-33H2,1H3;3H2,1-2H3;1-2H3/t35?,36-,42?,43?,45?;;/m0../s1. The molecule has 0 N–H and O–H groups in total. The van der Waals surface area contributed by atoms with Gasteiger partial charge in [-0.1, -0.05) is 91.0 Å². The molecule has 6 rings (SSSR count). The van der Waals surface area contributed by atoms with Crippen molar-refractivity contribution in [2.75, 3.05) is 46.2 Å². The number of rotatable bonds is 26. The molecule has 0 bridgehead atoms. The van der Waals surface area contributed by atoms with Crippen molar-refractivity contribution in [2.45, 2.75) is 156 Å². The van der Waals surface area contributed by atoms with Crippen LogP contribution in [-0.2, 0) is 30.1 Å². The third kappa shape index (κ3) is 18.9. The fraction of sp³-hybridized carbons (Fsp3) is 0.647. The number of hydrogen-bond acceptors (Lipinski definition) is 8. The maximum Gasteiger partial charge on any atom is 0.338 e. The summed E-state index contributed by atoms with van der Waals surface area (Å²) in [6.07, 6.45) is 17.2. The molecule has 3 aromatic carbocycles. The average Bonchev–Trinajstić information content (AvgIpc) is 4.21. The van der Waals surface area contributed by atoms with Crippen molar-refractivity contribution in [1.29, 1.82) is 0 Å². The molecule has 8 heteroatoms. The highest BCUT2D eigenvalue weighted by Gasteiger charge is 2.33. The first-order valence-corrected chi connectivity index (χ1v) is 23.3. The van der Waals surface area contributed by atoms with Gasteiger partial charge in [0.25, 0.3) is 0 Å². The SMILES string of the molecule is CC.CCC.CC[C@H]1CC(CC(=O)c2ccc(OCCCCCCOCC3CO3)cc2)CCC1OC(=O)c1ccc2cc(CCCCCCCOCC3CO3)ccc2c1. The van der Waals surface area contributed by atoms with Gasteiger partial charge in [0.15, 0.2) is 5.78 Å². The maximum absolute atomic E-state index is 13.3. The summed E-state index contributed by atoms with van der Waals surface area (Å²) in [5, 5.41) is 2.22. The molecule has 2 heterocycles. The van der Waals surface area contributed by atoms with Gasteiger partial charge in [-0.15, -0.1) is 0 Å². The number of benzene rings is 3. The van der Waals surface area contributed by atoms with E-state index in [9.17, 15) is 9.59 Å². The van der Waals surface area contributed by atoms with Gasteiger partial charge in [-0.2, -0.15) is 0 Å². The molecule has 2 aliphatic heterocycles. The van der Waals surface area contributed by atoms with Crippen LogP contribution < -0.4 is 4.74 Å². The molecule has 8 nitrogen and oxygen atoms in total. The van der Waals surface area contributed by atoms with Crippen molar-refractivity contribution in [1.82, 2.24) is 0 Å². The lowest BCUT2D eigenvalue weighted by Gasteiger charge is -2.35. The van der Waals surface area contributed by atoms with E-state index in [0.29, 0.717) is 36.7 Å². The molecule has 1 saturated carbocycles. The van der Waals surface area contributed by atoms with Gasteiger partial charge in [-0.25, -0.2) is 4.79 Å². The summed E-state index contributed by atoms with van der Waals surface area (Å²) in [5.41, 5.74) is 2.67. The second kappa shape index (κ2) is 28.3. The molecule has 59 heavy (non-hydrogen) atoms. The summed E-state index contributed by atoms with van der Waals surface area (Å²) < 4.78 is 33.6. The summed E-state index contributed by atoms with van der Waals surface area (Å²) in [4.78, 5) is 26.6. The number of hydrogen-bond donors (Lipinski definition) is 0. The predicted octanol–water partition coefficient (Wildman–Crippen LogP) is 12.2. The maximum atomic E-state index is 13.3. The fourth-order valence-electron chi connectivity index (χ4n) is 7.68. The van der Waals surface area contributed by atoms with E-state index in [1.54, 1.807) is 0 Å². The normalized spacial score (nSPS) is 20.5. The molecule has 0 aromatic heterocycles. The molecule has 5 atom stereocenters. The zero-order chi connectivity index (χ0) is 42.1. The van der Waals surface area contributed by atoms with Crippen molar-refractivity contribution < 1.29 is 38.0 Å². The van der Waals surface area contributed by atoms with Crippen molar-refractivity contribution in [3.8, 4) is 5.75 Å². The first-order chi connectivity index (χ1) is 28.9. The first-order valence-electron chi connectivity index (χ1n) is 23.3. The number of esters is 1. The molecule has 0 amide bonds. The third-order valence-electron chi connectivity index (χ3n) is 11.2. The number of ketones is 1. The van der Waals surface area contributed by atoms with Gasteiger partial charge >= 0.3 is 5.97 Å². The summed E-state index contributed by atoms with van der Waals surface area (Å²) in [5.74, 6) is 1.27. The van der Waals surface area contributed by atoms with E-state index in [4.69, 9.17) is 28.4 Å². The average molecular weight is 817 g/mol. The van der Waals surface area contributed by atoms with Crippen molar-refractivity contribution in [3.05, 3.63) is 77.4 Å². The Morgan fingerprint density at radius 2 is 1.22 bits per heavy atom. The quantitative estimate of drug-likeness (QED) is 0.0342. The van der Waals surface area contributed by atoms with E-state index >= 15 is 0 Å². The smallest absolute Gasteiger partial charge is 0.338 e. The van der Waals surface area contributed by atoms with E-state index < -0.39 is 0 Å². The predicted molar refractivity (Wildman–Crippen MR) is 239 cm³/mol. The molecule has 328 valence electrons. The van der Waals surface area contributed by atoms with E-state index in [1.807, 2.05) is 56.3 Å². The Bertz CT molecular complexity index is 1600. The lowest BCUT2D eigenvalue weighted by molar-refractivity contribution is -0.00785. The number of unbranched alkanes of at least 4 members (excludes halogenated alkanes) is 7. The molecule has 3 aromatic rings. The van der Waals surface area contributed by atoms with Gasteiger partial charge in [-0.3, -0.25) is 4.79 Å². The molecular formula is C51H76O8. The summed E-state index contributed by atoms with van der Waals surface area (Å²) >= 11 is 0. The monoisotopic (exact) mass is 817 g/mol. The topological polar surface area (TPSA) is 96.1 Å². The number of fused-ring (bicyclic) bond motifs is 1. The van der Waals surface area contributed by atoms with E-state index in [0.717, 1.165) is 126 Å². The minimum absolute atomic E-state index is 0.121. The van der Waals surface area contributed by atoms with Gasteiger partial charge in [0.1, 0.15) is 24.1 Å². The van der Waals surface area contributed by atoms with Crippen LogP contribution in [0.25, 0.3) is 10.8 Å². The number of aryl methyl sites for hydroxylation is 1. The van der Waals surface area contributed by atoms with Crippen molar-refractivity contribution in [3.63, 3.8) is 0 Å². The van der Waals surface area contributed by atoms with Crippen LogP contribution in [0.2, 0.25) is 0 Å². The zero-order valence-electron chi connectivity index (χ0n) is 37.2. The first kappa shape index (κ1) is 48.4. The van der Waals surface area contributed by atoms with E-state index in [-0.39, 0.29) is 23.8 Å². The molecule has 0 radical (unpaired) electrons. The minimum Gasteiger partial charge on any atom is -0.494 e. The fourth-order valence-corrected chi connectivity index (χ4v) is 7.68. The van der Waals surface area contributed by atoms with Gasteiger partial charge < -0.3 is 28.4 Å². The van der Waals surface area contributed by atoms with E-state index in [2.05, 4.69) is 39.0 Å². The van der Waals surface area contributed by atoms with Crippen LogP contribution in [0.1, 0.15) is 157 Å². The highest BCUT2D eigenvalue weighted by atomic mass is 16.6. The van der Waals surface area contributed by atoms with Crippen molar-refractivity contribution in [2.24, 2.45) is 11.8 Å². The second-order valence-electron chi connectivity index (χ2n) is 16.4. The molecule has 1 aliphatic carbocycles. The summed E-state index contributed by atoms with van der Waals surface area (Å²) in [6, 6.07) is 20.1. The number of carbonyl (C=O) groups excluding carboxylic acids is 2. The van der Waals surface area contributed by atoms with Gasteiger partial charge in [0.2, 0.25) is 0 Å². The van der Waals surface area contributed by atoms with Crippen LogP contribution in [0.4, 0.5) is 0 Å². The second-order valence-corrected chi connectivity index (χ2v) is 16.4. The highest BCUT2D eigenvalue weighted by molar-refractivity contribution is 5.96. The summed E-state index contributed by atoms with van der Waals surface area (Å²) in [6.45, 7) is 15.9. The van der Waals surface area contributed by atoms with Crippen LogP contribution in [0.15, 0.2) is 60.7 Å². The Hall–Kier alpha value is -3.30. The Balaban J connectivity index is 0.00000147. The van der Waals surface area contributed by atoms with Gasteiger partial charge in [0, 0.05) is 25.2 Å². The Labute approximate surface area is 356 Å². The highest BCUT2D eigenvalue weighted by Crippen LogP contribution is 2.36. The van der Waals surface area contributed by atoms with Gasteiger partial charge in [-0.05, 0) is 129 Å². The number of Topliss-reactive ketones (excluding diaryl/α,β-unsaturated/α-hetero) is 1.